The van der Waals surface area contributed by atoms with Gasteiger partial charge in [-0.3, -0.25) is 10.1 Å². The summed E-state index contributed by atoms with van der Waals surface area (Å²) in [7, 11) is 1.44. The molecule has 4 nitrogen and oxygen atoms in total. The number of ether oxygens (including phenoxy) is 2. The van der Waals surface area contributed by atoms with E-state index in [1.807, 2.05) is 18.4 Å². The molecule has 0 spiro atoms. The molecule has 1 aromatic rings. The van der Waals surface area contributed by atoms with Gasteiger partial charge in [-0.2, -0.15) is 0 Å². The second-order valence-electron chi connectivity index (χ2n) is 4.49. The summed E-state index contributed by atoms with van der Waals surface area (Å²) < 4.78 is 10.4. The summed E-state index contributed by atoms with van der Waals surface area (Å²) in [5.74, 6) is -0.185. The molecule has 2 rings (SSSR count). The van der Waals surface area contributed by atoms with Crippen molar-refractivity contribution < 1.29 is 14.3 Å². The van der Waals surface area contributed by atoms with Crippen LogP contribution in [-0.2, 0) is 20.8 Å². The van der Waals surface area contributed by atoms with E-state index in [9.17, 15) is 4.79 Å². The zero-order valence-corrected chi connectivity index (χ0v) is 11.6. The SMILES string of the molecule is CCOC1CC(NCc2cccs2)(C(=O)OC)C1. The van der Waals surface area contributed by atoms with E-state index < -0.39 is 5.54 Å². The maximum absolute atomic E-state index is 11.9. The summed E-state index contributed by atoms with van der Waals surface area (Å²) in [5, 5.41) is 5.36. The Morgan fingerprint density at radius 2 is 2.39 bits per heavy atom. The third kappa shape index (κ3) is 2.74. The van der Waals surface area contributed by atoms with E-state index >= 15 is 0 Å². The van der Waals surface area contributed by atoms with Gasteiger partial charge in [0.1, 0.15) is 5.54 Å². The molecule has 1 heterocycles. The molecule has 0 unspecified atom stereocenters. The summed E-state index contributed by atoms with van der Waals surface area (Å²) in [6, 6.07) is 4.07. The van der Waals surface area contributed by atoms with Gasteiger partial charge in [-0.05, 0) is 18.4 Å². The third-order valence-corrected chi connectivity index (χ3v) is 4.19. The number of hydrogen-bond acceptors (Lipinski definition) is 5. The molecule has 0 aromatic carbocycles. The van der Waals surface area contributed by atoms with Crippen LogP contribution < -0.4 is 5.32 Å². The first-order chi connectivity index (χ1) is 8.70. The van der Waals surface area contributed by atoms with Crippen LogP contribution in [0.5, 0.6) is 0 Å². The van der Waals surface area contributed by atoms with E-state index in [-0.39, 0.29) is 12.1 Å². The van der Waals surface area contributed by atoms with Crippen molar-refractivity contribution in [3.63, 3.8) is 0 Å². The van der Waals surface area contributed by atoms with Crippen molar-refractivity contribution in [1.82, 2.24) is 5.32 Å². The Morgan fingerprint density at radius 1 is 1.61 bits per heavy atom. The van der Waals surface area contributed by atoms with Gasteiger partial charge in [0.05, 0.1) is 13.2 Å². The molecule has 1 aromatic heterocycles. The maximum Gasteiger partial charge on any atom is 0.326 e. The summed E-state index contributed by atoms with van der Waals surface area (Å²) in [4.78, 5) is 13.1. The first-order valence-corrected chi connectivity index (χ1v) is 7.05. The molecule has 0 radical (unpaired) electrons. The highest BCUT2D eigenvalue weighted by Gasteiger charge is 2.51. The fourth-order valence-corrected chi connectivity index (χ4v) is 2.96. The Kier molecular flexibility index (Phi) is 4.37. The van der Waals surface area contributed by atoms with Crippen LogP contribution in [0.1, 0.15) is 24.6 Å². The summed E-state index contributed by atoms with van der Waals surface area (Å²) in [6.07, 6.45) is 1.56. The van der Waals surface area contributed by atoms with Crippen LogP contribution in [0.15, 0.2) is 17.5 Å². The Balaban J connectivity index is 1.93. The molecule has 1 aliphatic rings. The van der Waals surface area contributed by atoms with Crippen LogP contribution in [-0.4, -0.2) is 31.3 Å². The van der Waals surface area contributed by atoms with Gasteiger partial charge >= 0.3 is 5.97 Å². The van der Waals surface area contributed by atoms with Crippen molar-refractivity contribution in [2.75, 3.05) is 13.7 Å². The number of esters is 1. The number of rotatable bonds is 6. The summed E-state index contributed by atoms with van der Waals surface area (Å²) in [6.45, 7) is 3.36. The smallest absolute Gasteiger partial charge is 0.326 e. The Bertz CT molecular complexity index is 385. The lowest BCUT2D eigenvalue weighted by Gasteiger charge is -2.45. The van der Waals surface area contributed by atoms with E-state index in [1.54, 1.807) is 11.3 Å². The topological polar surface area (TPSA) is 47.6 Å². The van der Waals surface area contributed by atoms with Crippen LogP contribution in [0.3, 0.4) is 0 Å². The quantitative estimate of drug-likeness (QED) is 0.802. The van der Waals surface area contributed by atoms with E-state index in [0.717, 1.165) is 0 Å². The van der Waals surface area contributed by atoms with E-state index in [2.05, 4.69) is 11.4 Å². The fraction of sp³-hybridized carbons (Fsp3) is 0.615. The Morgan fingerprint density at radius 3 is 2.94 bits per heavy atom. The Hall–Kier alpha value is -0.910. The molecule has 1 N–H and O–H groups in total. The van der Waals surface area contributed by atoms with Crippen molar-refractivity contribution in [2.45, 2.75) is 38.0 Å². The maximum atomic E-state index is 11.9. The minimum Gasteiger partial charge on any atom is -0.468 e. The molecular formula is C13H19NO3S. The minimum atomic E-state index is -0.557. The monoisotopic (exact) mass is 269 g/mol. The van der Waals surface area contributed by atoms with Crippen molar-refractivity contribution in [1.29, 1.82) is 0 Å². The molecule has 0 bridgehead atoms. The van der Waals surface area contributed by atoms with Crippen LogP contribution >= 0.6 is 11.3 Å². The average molecular weight is 269 g/mol. The lowest BCUT2D eigenvalue weighted by molar-refractivity contribution is -0.161. The van der Waals surface area contributed by atoms with Crippen LogP contribution in [0.25, 0.3) is 0 Å². The van der Waals surface area contributed by atoms with E-state index in [1.165, 1.54) is 12.0 Å². The van der Waals surface area contributed by atoms with E-state index in [4.69, 9.17) is 9.47 Å². The predicted molar refractivity (Wildman–Crippen MR) is 70.6 cm³/mol. The zero-order valence-electron chi connectivity index (χ0n) is 10.8. The van der Waals surface area contributed by atoms with Crippen molar-refractivity contribution in [2.24, 2.45) is 0 Å². The van der Waals surface area contributed by atoms with Crippen molar-refractivity contribution in [3.8, 4) is 0 Å². The predicted octanol–water partition coefficient (Wildman–Crippen LogP) is 1.95. The minimum absolute atomic E-state index is 0.171. The molecule has 0 saturated heterocycles. The van der Waals surface area contributed by atoms with Crippen molar-refractivity contribution in [3.05, 3.63) is 22.4 Å². The highest BCUT2D eigenvalue weighted by Crippen LogP contribution is 2.36. The fourth-order valence-electron chi connectivity index (χ4n) is 2.32. The van der Waals surface area contributed by atoms with Gasteiger partial charge in [0.25, 0.3) is 0 Å². The van der Waals surface area contributed by atoms with Crippen molar-refractivity contribution >= 4 is 17.3 Å². The second-order valence-corrected chi connectivity index (χ2v) is 5.52. The first-order valence-electron chi connectivity index (χ1n) is 6.17. The molecule has 1 fully saturated rings. The molecule has 100 valence electrons. The van der Waals surface area contributed by atoms with Crippen LogP contribution in [0.4, 0.5) is 0 Å². The number of thiophene rings is 1. The molecule has 0 amide bonds. The molecule has 1 aliphatic carbocycles. The third-order valence-electron chi connectivity index (χ3n) is 3.31. The molecule has 5 heteroatoms. The van der Waals surface area contributed by atoms with Gasteiger partial charge in [0.2, 0.25) is 0 Å². The van der Waals surface area contributed by atoms with Gasteiger partial charge < -0.3 is 9.47 Å². The molecule has 18 heavy (non-hydrogen) atoms. The standard InChI is InChI=1S/C13H19NO3S/c1-3-17-10-7-13(8-10,12(15)16-2)14-9-11-5-4-6-18-11/h4-6,10,14H,3,7-9H2,1-2H3. The average Bonchev–Trinajstić information content (AvgIpc) is 2.84. The number of methoxy groups -OCH3 is 1. The number of carbonyl (C=O) groups excluding carboxylic acids is 1. The molecular weight excluding hydrogens is 250 g/mol. The van der Waals surface area contributed by atoms with Crippen LogP contribution in [0.2, 0.25) is 0 Å². The van der Waals surface area contributed by atoms with Gasteiger partial charge in [-0.25, -0.2) is 0 Å². The molecule has 1 saturated carbocycles. The normalized spacial score (nSPS) is 26.7. The number of carbonyl (C=O) groups is 1. The molecule has 0 atom stereocenters. The number of hydrogen-bond donors (Lipinski definition) is 1. The largest absolute Gasteiger partial charge is 0.468 e. The lowest BCUT2D eigenvalue weighted by Crippen LogP contribution is -2.63. The van der Waals surface area contributed by atoms with Crippen LogP contribution in [0, 0.1) is 0 Å². The first kappa shape index (κ1) is 13.5. The molecule has 0 aliphatic heterocycles. The van der Waals surface area contributed by atoms with Gasteiger partial charge in [0.15, 0.2) is 0 Å². The Labute approximate surface area is 111 Å². The van der Waals surface area contributed by atoms with E-state index in [0.29, 0.717) is 26.0 Å². The highest BCUT2D eigenvalue weighted by molar-refractivity contribution is 7.09. The second kappa shape index (κ2) is 5.82. The summed E-state index contributed by atoms with van der Waals surface area (Å²) >= 11 is 1.68. The zero-order chi connectivity index (χ0) is 13.0. The number of nitrogens with one attached hydrogen (secondary N) is 1. The van der Waals surface area contributed by atoms with Gasteiger partial charge in [0, 0.05) is 30.9 Å². The van der Waals surface area contributed by atoms with Gasteiger partial charge in [-0.1, -0.05) is 6.07 Å². The van der Waals surface area contributed by atoms with Gasteiger partial charge in [-0.15, -0.1) is 11.3 Å². The lowest BCUT2D eigenvalue weighted by atomic mass is 9.74. The summed E-state index contributed by atoms with van der Waals surface area (Å²) in [5.41, 5.74) is -0.557. The highest BCUT2D eigenvalue weighted by atomic mass is 32.1.